The van der Waals surface area contributed by atoms with Gasteiger partial charge in [0.2, 0.25) is 5.95 Å². The lowest BCUT2D eigenvalue weighted by Gasteiger charge is -2.28. The van der Waals surface area contributed by atoms with Crippen molar-refractivity contribution in [2.45, 2.75) is 6.43 Å². The Kier molecular flexibility index (Phi) is 5.64. The van der Waals surface area contributed by atoms with Gasteiger partial charge in [-0.1, -0.05) is 18.1 Å². The molecule has 9 heteroatoms. The van der Waals surface area contributed by atoms with Crippen LogP contribution < -0.4 is 4.90 Å². The molecular formula is C20H19F2N5O2. The largest absolute Gasteiger partial charge is 0.378 e. The molecular weight excluding hydrogens is 380 g/mol. The molecule has 0 saturated carbocycles. The van der Waals surface area contributed by atoms with Crippen LogP contribution in [0.1, 0.15) is 17.9 Å². The smallest absolute Gasteiger partial charge is 0.296 e. The summed E-state index contributed by atoms with van der Waals surface area (Å²) in [6.07, 6.45) is -2.78. The van der Waals surface area contributed by atoms with E-state index in [0.717, 1.165) is 0 Å². The van der Waals surface area contributed by atoms with E-state index in [2.05, 4.69) is 26.8 Å². The zero-order valence-corrected chi connectivity index (χ0v) is 15.8. The van der Waals surface area contributed by atoms with Gasteiger partial charge in [0, 0.05) is 26.3 Å². The van der Waals surface area contributed by atoms with E-state index in [9.17, 15) is 8.78 Å². The summed E-state index contributed by atoms with van der Waals surface area (Å²) in [5.74, 6) is 6.09. The number of rotatable bonds is 4. The van der Waals surface area contributed by atoms with Crippen molar-refractivity contribution in [2.75, 3.05) is 44.9 Å². The number of fused-ring (bicyclic) bond motifs is 1. The van der Waals surface area contributed by atoms with E-state index in [-0.39, 0.29) is 12.6 Å². The summed E-state index contributed by atoms with van der Waals surface area (Å²) >= 11 is 0. The molecule has 0 radical (unpaired) electrons. The van der Waals surface area contributed by atoms with Gasteiger partial charge in [-0.3, -0.25) is 4.57 Å². The van der Waals surface area contributed by atoms with E-state index in [0.29, 0.717) is 48.8 Å². The fourth-order valence-electron chi connectivity index (χ4n) is 3.14. The lowest BCUT2D eigenvalue weighted by atomic mass is 10.3. The van der Waals surface area contributed by atoms with E-state index in [4.69, 9.17) is 9.47 Å². The molecule has 3 heterocycles. The maximum atomic E-state index is 13.7. The zero-order chi connectivity index (χ0) is 20.2. The average Bonchev–Trinajstić information content (AvgIpc) is 3.14. The minimum absolute atomic E-state index is 0.111. The molecule has 0 spiro atoms. The Hall–Kier alpha value is -3.09. The molecule has 2 aromatic heterocycles. The van der Waals surface area contributed by atoms with Crippen LogP contribution in [0.2, 0.25) is 0 Å². The maximum Gasteiger partial charge on any atom is 0.296 e. The minimum Gasteiger partial charge on any atom is -0.378 e. The molecule has 0 atom stereocenters. The Morgan fingerprint density at radius 2 is 1.97 bits per heavy atom. The number of imidazole rings is 1. The van der Waals surface area contributed by atoms with Gasteiger partial charge < -0.3 is 14.4 Å². The summed E-state index contributed by atoms with van der Waals surface area (Å²) < 4.78 is 39.1. The van der Waals surface area contributed by atoms with Crippen molar-refractivity contribution in [1.29, 1.82) is 0 Å². The monoisotopic (exact) mass is 399 g/mol. The molecule has 7 nitrogen and oxygen atoms in total. The molecule has 150 valence electrons. The molecule has 1 aromatic carbocycles. The topological polar surface area (TPSA) is 65.3 Å². The summed E-state index contributed by atoms with van der Waals surface area (Å²) in [6.45, 7) is 2.67. The molecule has 0 amide bonds. The van der Waals surface area contributed by atoms with E-state index in [1.807, 2.05) is 4.90 Å². The van der Waals surface area contributed by atoms with Crippen LogP contribution in [0, 0.1) is 11.8 Å². The number of anilines is 1. The van der Waals surface area contributed by atoms with Crippen LogP contribution in [0.25, 0.3) is 17.0 Å². The van der Waals surface area contributed by atoms with Crippen molar-refractivity contribution in [3.05, 3.63) is 41.9 Å². The number of nitrogens with zero attached hydrogens (tertiary/aromatic N) is 5. The third-order valence-electron chi connectivity index (χ3n) is 4.45. The van der Waals surface area contributed by atoms with E-state index >= 15 is 0 Å². The van der Waals surface area contributed by atoms with Crippen molar-refractivity contribution in [3.8, 4) is 17.8 Å². The van der Waals surface area contributed by atoms with Crippen LogP contribution in [-0.2, 0) is 9.47 Å². The first kappa shape index (κ1) is 19.2. The molecule has 0 unspecified atom stereocenters. The van der Waals surface area contributed by atoms with Crippen molar-refractivity contribution < 1.29 is 18.3 Å². The molecule has 0 N–H and O–H groups in total. The normalized spacial score (nSPS) is 14.3. The van der Waals surface area contributed by atoms with Crippen LogP contribution in [0.5, 0.6) is 0 Å². The molecule has 3 aromatic rings. The SMILES string of the molecule is COCC#Cc1cc(N2CCOCC2)nc(-n2c(C(F)F)nc3ccccc32)n1. The summed E-state index contributed by atoms with van der Waals surface area (Å²) in [7, 11) is 1.55. The number of hydrogen-bond donors (Lipinski definition) is 0. The van der Waals surface area contributed by atoms with Crippen LogP contribution >= 0.6 is 0 Å². The van der Waals surface area contributed by atoms with Gasteiger partial charge >= 0.3 is 0 Å². The second-order valence-corrected chi connectivity index (χ2v) is 6.34. The van der Waals surface area contributed by atoms with Crippen molar-refractivity contribution in [2.24, 2.45) is 0 Å². The van der Waals surface area contributed by atoms with Gasteiger partial charge in [-0.15, -0.1) is 0 Å². The van der Waals surface area contributed by atoms with Crippen LogP contribution in [0.4, 0.5) is 14.6 Å². The Bertz CT molecular complexity index is 1070. The number of ether oxygens (including phenoxy) is 2. The van der Waals surface area contributed by atoms with Gasteiger partial charge in [0.15, 0.2) is 5.82 Å². The molecule has 0 aliphatic carbocycles. The number of halogens is 2. The number of hydrogen-bond acceptors (Lipinski definition) is 6. The predicted octanol–water partition coefficient (Wildman–Crippen LogP) is 2.59. The second kappa shape index (κ2) is 8.51. The van der Waals surface area contributed by atoms with E-state index < -0.39 is 12.2 Å². The van der Waals surface area contributed by atoms with Crippen LogP contribution in [0.15, 0.2) is 30.3 Å². The third kappa shape index (κ3) is 4.04. The lowest BCUT2D eigenvalue weighted by Crippen LogP contribution is -2.37. The second-order valence-electron chi connectivity index (χ2n) is 6.34. The van der Waals surface area contributed by atoms with Gasteiger partial charge in [0.25, 0.3) is 6.43 Å². The van der Waals surface area contributed by atoms with E-state index in [1.165, 1.54) is 4.57 Å². The van der Waals surface area contributed by atoms with Crippen molar-refractivity contribution in [1.82, 2.24) is 19.5 Å². The molecule has 1 aliphatic rings. The molecule has 29 heavy (non-hydrogen) atoms. The molecule has 1 aliphatic heterocycles. The summed E-state index contributed by atoms with van der Waals surface area (Å²) in [5.41, 5.74) is 1.39. The number of para-hydroxylation sites is 2. The van der Waals surface area contributed by atoms with Crippen LogP contribution in [-0.4, -0.2) is 59.5 Å². The third-order valence-corrected chi connectivity index (χ3v) is 4.45. The predicted molar refractivity (Wildman–Crippen MR) is 103 cm³/mol. The summed E-state index contributed by atoms with van der Waals surface area (Å²) in [4.78, 5) is 15.1. The summed E-state index contributed by atoms with van der Waals surface area (Å²) in [6, 6.07) is 8.67. The highest BCUT2D eigenvalue weighted by atomic mass is 19.3. The van der Waals surface area contributed by atoms with Gasteiger partial charge in [0.05, 0.1) is 24.2 Å². The fraction of sp³-hybridized carbons (Fsp3) is 0.350. The Balaban J connectivity index is 1.89. The first-order chi connectivity index (χ1) is 14.2. The van der Waals surface area contributed by atoms with Gasteiger partial charge in [-0.25, -0.2) is 18.7 Å². The molecule has 0 bridgehead atoms. The molecule has 1 fully saturated rings. The zero-order valence-electron chi connectivity index (χ0n) is 15.8. The Morgan fingerprint density at radius 1 is 1.17 bits per heavy atom. The maximum absolute atomic E-state index is 13.7. The van der Waals surface area contributed by atoms with Gasteiger partial charge in [0.1, 0.15) is 18.1 Å². The Morgan fingerprint density at radius 3 is 2.72 bits per heavy atom. The first-order valence-electron chi connectivity index (χ1n) is 9.13. The standard InChI is InChI=1S/C20H19F2N5O2/c1-28-10-4-5-14-13-17(26-8-11-29-12-9-26)25-20(23-14)27-16-7-3-2-6-15(16)24-19(27)18(21)22/h2-3,6-7,13,18H,8-12H2,1H3. The van der Waals surface area contributed by atoms with Crippen LogP contribution in [0.3, 0.4) is 0 Å². The summed E-state index contributed by atoms with van der Waals surface area (Å²) in [5, 5.41) is 0. The number of alkyl halides is 2. The highest BCUT2D eigenvalue weighted by Gasteiger charge is 2.23. The Labute approximate surface area is 166 Å². The van der Waals surface area contributed by atoms with Crippen molar-refractivity contribution >= 4 is 16.9 Å². The molecule has 4 rings (SSSR count). The fourth-order valence-corrected chi connectivity index (χ4v) is 3.14. The molecule has 1 saturated heterocycles. The number of benzene rings is 1. The minimum atomic E-state index is -2.78. The van der Waals surface area contributed by atoms with Crippen molar-refractivity contribution in [3.63, 3.8) is 0 Å². The number of morpholine rings is 1. The number of aromatic nitrogens is 4. The van der Waals surface area contributed by atoms with Gasteiger partial charge in [-0.2, -0.15) is 4.98 Å². The van der Waals surface area contributed by atoms with E-state index in [1.54, 1.807) is 37.4 Å². The van der Waals surface area contributed by atoms with Gasteiger partial charge in [-0.05, 0) is 18.1 Å². The lowest BCUT2D eigenvalue weighted by molar-refractivity contribution is 0.122. The first-order valence-corrected chi connectivity index (χ1v) is 9.13. The average molecular weight is 399 g/mol. The highest BCUT2D eigenvalue weighted by Crippen LogP contribution is 2.27. The quantitative estimate of drug-likeness (QED) is 0.629. The highest BCUT2D eigenvalue weighted by molar-refractivity contribution is 5.77. The number of methoxy groups -OCH3 is 1.